The Balaban J connectivity index is 2.00. The van der Waals surface area contributed by atoms with Gasteiger partial charge in [0.05, 0.1) is 26.4 Å². The predicted molar refractivity (Wildman–Crippen MR) is 269 cm³/mol. The Morgan fingerprint density at radius 1 is 0.485 bits per heavy atom. The van der Waals surface area contributed by atoms with Crippen molar-refractivity contribution in [2.75, 3.05) is 39.6 Å². The monoisotopic (exact) mass is 936 g/mol. The molecule has 66 heavy (non-hydrogen) atoms. The SMILES string of the molecule is CCCCCCCCCCCCOc1cc(C(=O)NCCCCCCO[C@H]2O[C@H](CO)[C@@H](O)[C@H](O)[C@@H]2O)cc(OCCCCCCCCCCCC)c1OCCCCCCCCCCCC. The first-order valence-electron chi connectivity index (χ1n) is 27.6. The molecule has 1 aromatic carbocycles. The first kappa shape index (κ1) is 60.0. The van der Waals surface area contributed by atoms with E-state index >= 15 is 0 Å². The van der Waals surface area contributed by atoms with Gasteiger partial charge in [-0.15, -0.1) is 0 Å². The average molecular weight is 936 g/mol. The van der Waals surface area contributed by atoms with Crippen molar-refractivity contribution in [1.29, 1.82) is 0 Å². The molecule has 0 aliphatic carbocycles. The van der Waals surface area contributed by atoms with Gasteiger partial charge in [0.15, 0.2) is 17.8 Å². The number of amides is 1. The van der Waals surface area contributed by atoms with Crippen molar-refractivity contribution < 1.29 is 48.9 Å². The van der Waals surface area contributed by atoms with Crippen molar-refractivity contribution in [3.63, 3.8) is 0 Å². The summed E-state index contributed by atoms with van der Waals surface area (Å²) in [5, 5.41) is 42.8. The Hall–Kier alpha value is -2.15. The van der Waals surface area contributed by atoms with Crippen LogP contribution in [0.25, 0.3) is 0 Å². The summed E-state index contributed by atoms with van der Waals surface area (Å²) < 4.78 is 30.6. The Bertz CT molecular complexity index is 1220. The van der Waals surface area contributed by atoms with Gasteiger partial charge in [0.2, 0.25) is 5.75 Å². The topological polar surface area (TPSA) is 156 Å². The predicted octanol–water partition coefficient (Wildman–Crippen LogP) is 12.7. The van der Waals surface area contributed by atoms with Crippen LogP contribution < -0.4 is 19.5 Å². The summed E-state index contributed by atoms with van der Waals surface area (Å²) in [6.45, 7) is 8.80. The van der Waals surface area contributed by atoms with Crippen molar-refractivity contribution in [3.8, 4) is 17.2 Å². The molecule has 5 N–H and O–H groups in total. The van der Waals surface area contributed by atoms with Crippen molar-refractivity contribution in [1.82, 2.24) is 5.32 Å². The first-order valence-corrected chi connectivity index (χ1v) is 27.6. The molecule has 1 heterocycles. The molecule has 0 radical (unpaired) electrons. The van der Waals surface area contributed by atoms with Crippen molar-refractivity contribution in [3.05, 3.63) is 17.7 Å². The number of nitrogens with one attached hydrogen (secondary N) is 1. The van der Waals surface area contributed by atoms with Crippen LogP contribution >= 0.6 is 0 Å². The molecule has 1 aliphatic heterocycles. The highest BCUT2D eigenvalue weighted by Gasteiger charge is 2.43. The highest BCUT2D eigenvalue weighted by Crippen LogP contribution is 2.40. The van der Waals surface area contributed by atoms with E-state index in [1.54, 1.807) is 0 Å². The smallest absolute Gasteiger partial charge is 0.251 e. The van der Waals surface area contributed by atoms with Crippen LogP contribution in [0.15, 0.2) is 12.1 Å². The number of carbonyl (C=O) groups is 1. The van der Waals surface area contributed by atoms with Gasteiger partial charge >= 0.3 is 0 Å². The maximum atomic E-state index is 13.7. The Morgan fingerprint density at radius 3 is 1.26 bits per heavy atom. The zero-order valence-electron chi connectivity index (χ0n) is 42.6. The van der Waals surface area contributed by atoms with Gasteiger partial charge in [-0.2, -0.15) is 0 Å². The van der Waals surface area contributed by atoms with E-state index in [9.17, 15) is 25.2 Å². The fraction of sp³-hybridized carbons (Fsp3) is 0.873. The molecule has 0 spiro atoms. The van der Waals surface area contributed by atoms with Crippen molar-refractivity contribution in [2.45, 2.75) is 270 Å². The molecule has 1 amide bonds. The maximum Gasteiger partial charge on any atom is 0.251 e. The molecule has 11 heteroatoms. The third kappa shape index (κ3) is 28.4. The van der Waals surface area contributed by atoms with Crippen molar-refractivity contribution in [2.24, 2.45) is 0 Å². The molecular formula is C55H101NO10. The van der Waals surface area contributed by atoms with E-state index in [4.69, 9.17) is 23.7 Å². The van der Waals surface area contributed by atoms with E-state index in [0.717, 1.165) is 57.8 Å². The molecule has 0 unspecified atom stereocenters. The second-order valence-corrected chi connectivity index (χ2v) is 19.1. The minimum atomic E-state index is -1.46. The summed E-state index contributed by atoms with van der Waals surface area (Å²) in [5.74, 6) is 1.62. The molecule has 11 nitrogen and oxygen atoms in total. The van der Waals surface area contributed by atoms with Crippen LogP contribution in [0.4, 0.5) is 0 Å². The van der Waals surface area contributed by atoms with Crippen LogP contribution in [-0.4, -0.2) is 96.6 Å². The van der Waals surface area contributed by atoms with E-state index in [-0.39, 0.29) is 12.5 Å². The van der Waals surface area contributed by atoms with E-state index in [1.807, 2.05) is 12.1 Å². The lowest BCUT2D eigenvalue weighted by Crippen LogP contribution is -2.59. The van der Waals surface area contributed by atoms with Gasteiger partial charge < -0.3 is 49.4 Å². The lowest BCUT2D eigenvalue weighted by molar-refractivity contribution is -0.301. The highest BCUT2D eigenvalue weighted by atomic mass is 16.7. The summed E-state index contributed by atoms with van der Waals surface area (Å²) in [4.78, 5) is 13.7. The molecule has 0 bridgehead atoms. The highest BCUT2D eigenvalue weighted by molar-refractivity contribution is 5.95. The summed E-state index contributed by atoms with van der Waals surface area (Å²) in [5.41, 5.74) is 0.505. The Morgan fingerprint density at radius 2 is 0.848 bits per heavy atom. The standard InChI is InChI=1S/C55H101NO10/c1-4-7-10-13-16-19-22-25-29-34-39-62-47-43-46(54(61)56-38-33-28-32-37-42-65-55-52(60)51(59)50(58)49(45-57)66-55)44-48(63-40-35-30-26-23-20-17-14-11-8-5-2)53(47)64-41-36-31-27-24-21-18-15-12-9-6-3/h43-44,49-52,55,57-60H,4-42,45H2,1-3H3,(H,56,61)/t49-,50-,51+,52+,55+/m1/s1. The van der Waals surface area contributed by atoms with Crippen LogP contribution in [0.1, 0.15) is 249 Å². The fourth-order valence-electron chi connectivity index (χ4n) is 8.66. The van der Waals surface area contributed by atoms with Gasteiger partial charge in [-0.05, 0) is 44.2 Å². The second-order valence-electron chi connectivity index (χ2n) is 19.1. The minimum Gasteiger partial charge on any atom is -0.490 e. The molecule has 386 valence electrons. The maximum absolute atomic E-state index is 13.7. The first-order chi connectivity index (χ1) is 32.4. The van der Waals surface area contributed by atoms with Gasteiger partial charge in [-0.3, -0.25) is 4.79 Å². The summed E-state index contributed by atoms with van der Waals surface area (Å²) in [6, 6.07) is 3.67. The van der Waals surface area contributed by atoms with Gasteiger partial charge in [-0.25, -0.2) is 0 Å². The van der Waals surface area contributed by atoms with Crippen molar-refractivity contribution >= 4 is 5.91 Å². The number of unbranched alkanes of at least 4 members (excludes halogenated alkanes) is 30. The summed E-state index contributed by atoms with van der Waals surface area (Å²) in [7, 11) is 0. The zero-order chi connectivity index (χ0) is 47.7. The van der Waals surface area contributed by atoms with Gasteiger partial charge in [0.25, 0.3) is 5.91 Å². The third-order valence-corrected chi connectivity index (χ3v) is 13.0. The molecule has 0 aromatic heterocycles. The third-order valence-electron chi connectivity index (χ3n) is 13.0. The summed E-state index contributed by atoms with van der Waals surface area (Å²) >= 11 is 0. The lowest BCUT2D eigenvalue weighted by atomic mass is 9.99. The molecule has 1 fully saturated rings. The number of hydrogen-bond acceptors (Lipinski definition) is 10. The lowest BCUT2D eigenvalue weighted by Gasteiger charge is -2.39. The molecule has 2 rings (SSSR count). The molecule has 0 saturated carbocycles. The van der Waals surface area contributed by atoms with E-state index in [1.165, 1.54) is 154 Å². The molecule has 1 saturated heterocycles. The normalized spacial score (nSPS) is 18.4. The number of hydrogen-bond donors (Lipinski definition) is 5. The average Bonchev–Trinajstić information content (AvgIpc) is 3.32. The van der Waals surface area contributed by atoms with Gasteiger partial charge in [-0.1, -0.05) is 207 Å². The van der Waals surface area contributed by atoms with E-state index in [0.29, 0.717) is 55.6 Å². The summed E-state index contributed by atoms with van der Waals surface area (Å²) in [6.07, 6.45) is 34.3. The van der Waals surface area contributed by atoms with Crippen LogP contribution in [0.2, 0.25) is 0 Å². The molecular weight excluding hydrogens is 835 g/mol. The Labute approximate surface area is 403 Å². The number of carbonyl (C=O) groups excluding carboxylic acids is 1. The van der Waals surface area contributed by atoms with Gasteiger partial charge in [0, 0.05) is 18.7 Å². The molecule has 5 atom stereocenters. The number of aliphatic hydroxyl groups is 4. The second kappa shape index (κ2) is 41.8. The number of benzene rings is 1. The van der Waals surface area contributed by atoms with Crippen LogP contribution in [0.3, 0.4) is 0 Å². The minimum absolute atomic E-state index is 0.172. The van der Waals surface area contributed by atoms with E-state index < -0.39 is 37.3 Å². The van der Waals surface area contributed by atoms with E-state index in [2.05, 4.69) is 26.1 Å². The zero-order valence-corrected chi connectivity index (χ0v) is 42.6. The van der Waals surface area contributed by atoms with Crippen LogP contribution in [0.5, 0.6) is 17.2 Å². The molecule has 1 aliphatic rings. The Kier molecular flexibility index (Phi) is 38.0. The number of rotatable bonds is 46. The molecule has 1 aromatic rings. The number of aliphatic hydroxyl groups excluding tert-OH is 4. The number of ether oxygens (including phenoxy) is 5. The quantitative estimate of drug-likeness (QED) is 0.0399. The van der Waals surface area contributed by atoms with Crippen LogP contribution in [0, 0.1) is 0 Å². The van der Waals surface area contributed by atoms with Crippen LogP contribution in [-0.2, 0) is 9.47 Å². The fourth-order valence-corrected chi connectivity index (χ4v) is 8.66. The van der Waals surface area contributed by atoms with Gasteiger partial charge in [0.1, 0.15) is 24.4 Å². The largest absolute Gasteiger partial charge is 0.490 e.